The van der Waals surface area contributed by atoms with E-state index in [2.05, 4.69) is 20.9 Å². The van der Waals surface area contributed by atoms with E-state index in [1.165, 1.54) is 28.0 Å². The Bertz CT molecular complexity index is 2000. The van der Waals surface area contributed by atoms with E-state index in [4.69, 9.17) is 14.2 Å². The molecule has 0 bridgehead atoms. The number of non-ortho nitro benzene ring substituents is 1. The molecular formula is C33H30BrN3O7S. The highest BCUT2D eigenvalue weighted by molar-refractivity contribution is 9.10. The van der Waals surface area contributed by atoms with Crippen LogP contribution in [0.15, 0.2) is 92.3 Å². The van der Waals surface area contributed by atoms with Gasteiger partial charge >= 0.3 is 5.97 Å². The Labute approximate surface area is 271 Å². The minimum Gasteiger partial charge on any atom is -0.491 e. The third kappa shape index (κ3) is 6.91. The minimum absolute atomic E-state index is 0.00488. The number of carbonyl (C=O) groups is 1. The van der Waals surface area contributed by atoms with Crippen molar-refractivity contribution in [3.8, 4) is 11.5 Å². The molecule has 45 heavy (non-hydrogen) atoms. The van der Waals surface area contributed by atoms with Crippen molar-refractivity contribution in [1.82, 2.24) is 4.57 Å². The van der Waals surface area contributed by atoms with Crippen molar-refractivity contribution in [2.75, 3.05) is 6.61 Å². The summed E-state index contributed by atoms with van der Waals surface area (Å²) in [7, 11) is 0. The van der Waals surface area contributed by atoms with E-state index in [9.17, 15) is 19.7 Å². The van der Waals surface area contributed by atoms with E-state index < -0.39 is 16.9 Å². The zero-order valence-electron chi connectivity index (χ0n) is 25.0. The number of para-hydroxylation sites is 1. The van der Waals surface area contributed by atoms with Crippen molar-refractivity contribution >= 4 is 45.0 Å². The van der Waals surface area contributed by atoms with Gasteiger partial charge in [0.15, 0.2) is 4.80 Å². The number of nitrogens with zero attached hydrogens (tertiary/aromatic N) is 3. The first kappa shape index (κ1) is 31.9. The van der Waals surface area contributed by atoms with Crippen molar-refractivity contribution in [3.63, 3.8) is 0 Å². The van der Waals surface area contributed by atoms with Crippen molar-refractivity contribution in [2.24, 2.45) is 4.99 Å². The molecule has 1 aromatic heterocycles. The Kier molecular flexibility index (Phi) is 9.64. The lowest BCUT2D eigenvalue weighted by molar-refractivity contribution is -0.384. The Balaban J connectivity index is 1.53. The first-order valence-corrected chi connectivity index (χ1v) is 15.8. The van der Waals surface area contributed by atoms with Crippen molar-refractivity contribution in [3.05, 3.63) is 129 Å². The van der Waals surface area contributed by atoms with Crippen LogP contribution in [0.25, 0.3) is 6.08 Å². The third-order valence-corrected chi connectivity index (χ3v) is 8.47. The second kappa shape index (κ2) is 13.6. The Morgan fingerprint density at radius 2 is 1.91 bits per heavy atom. The number of benzene rings is 3. The van der Waals surface area contributed by atoms with Gasteiger partial charge in [-0.15, -0.1) is 0 Å². The van der Waals surface area contributed by atoms with Crippen molar-refractivity contribution < 1.29 is 23.9 Å². The fourth-order valence-electron chi connectivity index (χ4n) is 4.95. The molecule has 12 heteroatoms. The number of hydrogen-bond donors (Lipinski definition) is 0. The van der Waals surface area contributed by atoms with Crippen LogP contribution in [0.1, 0.15) is 50.4 Å². The Morgan fingerprint density at radius 1 is 1.13 bits per heavy atom. The van der Waals surface area contributed by atoms with Gasteiger partial charge in [0.05, 0.1) is 37.9 Å². The maximum Gasteiger partial charge on any atom is 0.338 e. The topological polar surface area (TPSA) is 122 Å². The van der Waals surface area contributed by atoms with Gasteiger partial charge in [-0.1, -0.05) is 47.7 Å². The van der Waals surface area contributed by atoms with Crippen molar-refractivity contribution in [1.29, 1.82) is 0 Å². The summed E-state index contributed by atoms with van der Waals surface area (Å²) >= 11 is 4.76. The molecule has 0 aliphatic carbocycles. The number of carbonyl (C=O) groups excluding carboxylic acids is 1. The van der Waals surface area contributed by atoms with Gasteiger partial charge in [0.1, 0.15) is 24.1 Å². The molecular weight excluding hydrogens is 662 g/mol. The molecule has 0 unspecified atom stereocenters. The number of ether oxygens (including phenoxy) is 3. The van der Waals surface area contributed by atoms with Crippen LogP contribution in [0.5, 0.6) is 11.5 Å². The molecule has 10 nitrogen and oxygen atoms in total. The predicted octanol–water partition coefficient (Wildman–Crippen LogP) is 5.84. The van der Waals surface area contributed by atoms with Gasteiger partial charge in [-0.05, 0) is 79.0 Å². The number of allylic oxidation sites excluding steroid dienone is 1. The van der Waals surface area contributed by atoms with E-state index in [0.29, 0.717) is 42.1 Å². The minimum atomic E-state index is -0.797. The molecule has 0 amide bonds. The van der Waals surface area contributed by atoms with Gasteiger partial charge in [-0.3, -0.25) is 19.5 Å². The second-order valence-electron chi connectivity index (χ2n) is 10.4. The van der Waals surface area contributed by atoms with E-state index in [0.717, 1.165) is 5.56 Å². The van der Waals surface area contributed by atoms with Gasteiger partial charge in [0, 0.05) is 17.7 Å². The van der Waals surface area contributed by atoms with Crippen LogP contribution in [0, 0.1) is 10.1 Å². The summed E-state index contributed by atoms with van der Waals surface area (Å²) in [5, 5.41) is 11.1. The van der Waals surface area contributed by atoms with Crippen LogP contribution >= 0.6 is 27.3 Å². The maximum absolute atomic E-state index is 14.0. The largest absolute Gasteiger partial charge is 0.491 e. The molecule has 0 spiro atoms. The second-order valence-corrected chi connectivity index (χ2v) is 12.3. The molecule has 0 saturated carbocycles. The summed E-state index contributed by atoms with van der Waals surface area (Å²) in [4.78, 5) is 43.0. The van der Waals surface area contributed by atoms with Gasteiger partial charge in [0.25, 0.3) is 11.2 Å². The highest BCUT2D eigenvalue weighted by atomic mass is 79.9. The summed E-state index contributed by atoms with van der Waals surface area (Å²) in [5.74, 6) is 0.562. The molecule has 0 radical (unpaired) electrons. The fraction of sp³-hybridized carbons (Fsp3) is 0.242. The average molecular weight is 693 g/mol. The smallest absolute Gasteiger partial charge is 0.338 e. The summed E-state index contributed by atoms with van der Waals surface area (Å²) in [6, 6.07) is 18.2. The normalized spacial score (nSPS) is 14.6. The van der Waals surface area contributed by atoms with E-state index in [1.807, 2.05) is 50.2 Å². The number of hydrogen-bond acceptors (Lipinski definition) is 9. The third-order valence-electron chi connectivity index (χ3n) is 6.86. The fourth-order valence-corrected chi connectivity index (χ4v) is 6.51. The first-order valence-electron chi connectivity index (χ1n) is 14.2. The van der Waals surface area contributed by atoms with Crippen LogP contribution < -0.4 is 24.4 Å². The number of nitro groups is 1. The molecule has 232 valence electrons. The molecule has 5 rings (SSSR count). The molecule has 1 atom stereocenters. The molecule has 0 saturated heterocycles. The van der Waals surface area contributed by atoms with Gasteiger partial charge in [-0.2, -0.15) is 0 Å². The van der Waals surface area contributed by atoms with Gasteiger partial charge in [-0.25, -0.2) is 9.79 Å². The molecule has 4 aromatic rings. The predicted molar refractivity (Wildman–Crippen MR) is 174 cm³/mol. The van der Waals surface area contributed by atoms with Crippen LogP contribution in [0.4, 0.5) is 5.69 Å². The summed E-state index contributed by atoms with van der Waals surface area (Å²) in [6.07, 6.45) is 1.63. The zero-order chi connectivity index (χ0) is 32.2. The molecule has 0 fully saturated rings. The zero-order valence-corrected chi connectivity index (χ0v) is 27.4. The monoisotopic (exact) mass is 691 g/mol. The van der Waals surface area contributed by atoms with E-state index in [1.54, 1.807) is 38.1 Å². The van der Waals surface area contributed by atoms with Crippen molar-refractivity contribution in [2.45, 2.75) is 46.4 Å². The average Bonchev–Trinajstić information content (AvgIpc) is 3.30. The number of rotatable bonds is 10. The molecule has 1 aliphatic heterocycles. The van der Waals surface area contributed by atoms with E-state index >= 15 is 0 Å². The molecule has 3 aromatic carbocycles. The number of nitro benzene ring substituents is 1. The number of esters is 1. The van der Waals surface area contributed by atoms with Gasteiger partial charge in [0.2, 0.25) is 0 Å². The first-order chi connectivity index (χ1) is 21.6. The van der Waals surface area contributed by atoms with Gasteiger partial charge < -0.3 is 14.2 Å². The quantitative estimate of drug-likeness (QED) is 0.116. The van der Waals surface area contributed by atoms with Crippen LogP contribution in [-0.4, -0.2) is 28.2 Å². The SMILES string of the molecule is CCOC(=O)C1=C(C)N=c2s/c(=C/c3ccc(OCc4cccc([N+](=O)[O-])c4)c(Br)c3)c(=O)n2[C@@H]1c1ccccc1OC(C)C. The van der Waals surface area contributed by atoms with Crippen LogP contribution in [0.3, 0.4) is 0 Å². The molecule has 0 N–H and O–H groups in total. The number of aromatic nitrogens is 1. The maximum atomic E-state index is 14.0. The Morgan fingerprint density at radius 3 is 2.62 bits per heavy atom. The van der Waals surface area contributed by atoms with E-state index in [-0.39, 0.29) is 36.1 Å². The lowest BCUT2D eigenvalue weighted by Gasteiger charge is -2.26. The lowest BCUT2D eigenvalue weighted by Crippen LogP contribution is -2.40. The molecule has 1 aliphatic rings. The summed E-state index contributed by atoms with van der Waals surface area (Å²) in [6.45, 7) is 7.62. The number of halogens is 1. The number of thiazole rings is 1. The number of fused-ring (bicyclic) bond motifs is 1. The summed E-state index contributed by atoms with van der Waals surface area (Å²) < 4.78 is 20.0. The highest BCUT2D eigenvalue weighted by Gasteiger charge is 2.35. The van der Waals surface area contributed by atoms with Crippen LogP contribution in [-0.2, 0) is 16.1 Å². The standard InChI is InChI=1S/C33H30BrN3O7S/c1-5-42-32(39)29-20(4)35-33-36(30(29)24-11-6-7-12-26(24)44-19(2)3)31(38)28(45-33)17-21-13-14-27(25(34)16-21)43-18-22-9-8-10-23(15-22)37(40)41/h6-17,19,30H,5,18H2,1-4H3/b28-17+/t30-/m1/s1. The van der Waals surface area contributed by atoms with Crippen LogP contribution in [0.2, 0.25) is 0 Å². The molecule has 2 heterocycles. The Hall–Kier alpha value is -4.55. The lowest BCUT2D eigenvalue weighted by atomic mass is 9.95. The summed E-state index contributed by atoms with van der Waals surface area (Å²) in [5.41, 5.74) is 2.49. The highest BCUT2D eigenvalue weighted by Crippen LogP contribution is 2.36.